The molecule has 3 nitrogen and oxygen atoms in total. The van der Waals surface area contributed by atoms with Gasteiger partial charge >= 0.3 is 0 Å². The number of hydrogen-bond acceptors (Lipinski definition) is 3. The van der Waals surface area contributed by atoms with Gasteiger partial charge in [-0.15, -0.1) is 0 Å². The minimum absolute atomic E-state index is 0.206. The van der Waals surface area contributed by atoms with Crippen LogP contribution in [0, 0.1) is 6.92 Å². The zero-order chi connectivity index (χ0) is 6.20. The first-order valence-corrected chi connectivity index (χ1v) is 2.46. The fourth-order valence-corrected chi connectivity index (χ4v) is 0.504. The van der Waals surface area contributed by atoms with Gasteiger partial charge in [0.2, 0.25) is 0 Å². The Labute approximate surface area is 47.9 Å². The number of rotatable bonds is 1. The number of hydrogen-bond donors (Lipinski definition) is 2. The monoisotopic (exact) mass is 117 g/mol. The molecule has 0 aliphatic carbocycles. The van der Waals surface area contributed by atoms with Crippen molar-refractivity contribution in [2.45, 2.75) is 11.7 Å². The molecule has 1 heterocycles. The molecule has 1 saturated heterocycles. The Bertz CT molecular complexity index is 85.7. The van der Waals surface area contributed by atoms with Crippen LogP contribution < -0.4 is 0 Å². The summed E-state index contributed by atoms with van der Waals surface area (Å²) in [7, 11) is 0. The molecule has 1 rings (SSSR count). The van der Waals surface area contributed by atoms with Crippen molar-refractivity contribution in [1.29, 1.82) is 0 Å². The van der Waals surface area contributed by atoms with Gasteiger partial charge in [0.15, 0.2) is 0 Å². The number of ether oxygens (including phenoxy) is 1. The Morgan fingerprint density at radius 1 is 1.62 bits per heavy atom. The minimum Gasteiger partial charge on any atom is -0.390 e. The summed E-state index contributed by atoms with van der Waals surface area (Å²) in [6.45, 7) is 3.67. The van der Waals surface area contributed by atoms with Crippen molar-refractivity contribution in [3.8, 4) is 0 Å². The molecule has 0 aromatic carbocycles. The van der Waals surface area contributed by atoms with E-state index in [0.717, 1.165) is 0 Å². The summed E-state index contributed by atoms with van der Waals surface area (Å²) >= 11 is 0. The molecule has 0 saturated carbocycles. The molecular formula is C5H9O3. The summed E-state index contributed by atoms with van der Waals surface area (Å²) in [5.74, 6) is 0. The van der Waals surface area contributed by atoms with Crippen LogP contribution in [-0.2, 0) is 4.74 Å². The Kier molecular flexibility index (Phi) is 1.27. The molecule has 0 aromatic heterocycles. The van der Waals surface area contributed by atoms with E-state index in [9.17, 15) is 0 Å². The van der Waals surface area contributed by atoms with Crippen molar-refractivity contribution < 1.29 is 14.9 Å². The topological polar surface area (TPSA) is 49.7 Å². The second-order valence-corrected chi connectivity index (χ2v) is 2.11. The zero-order valence-electron chi connectivity index (χ0n) is 4.50. The Morgan fingerprint density at radius 2 is 2.12 bits per heavy atom. The first-order chi connectivity index (χ1) is 3.65. The van der Waals surface area contributed by atoms with Crippen molar-refractivity contribution in [1.82, 2.24) is 0 Å². The van der Waals surface area contributed by atoms with Gasteiger partial charge in [-0.3, -0.25) is 0 Å². The fraction of sp³-hybridized carbons (Fsp3) is 0.800. The molecule has 47 valence electrons. The second kappa shape index (κ2) is 1.69. The molecular weight excluding hydrogens is 108 g/mol. The first-order valence-electron chi connectivity index (χ1n) is 2.46. The summed E-state index contributed by atoms with van der Waals surface area (Å²) in [5, 5.41) is 17.7. The van der Waals surface area contributed by atoms with Crippen LogP contribution in [0.4, 0.5) is 0 Å². The SMILES string of the molecule is [CH2]C(O)C1(O)COC1. The van der Waals surface area contributed by atoms with Gasteiger partial charge in [0.05, 0.1) is 19.3 Å². The van der Waals surface area contributed by atoms with Crippen LogP contribution in [0.25, 0.3) is 0 Å². The van der Waals surface area contributed by atoms with Crippen LogP contribution in [0.15, 0.2) is 0 Å². The number of aliphatic hydroxyl groups excluding tert-OH is 1. The maximum atomic E-state index is 9.05. The molecule has 0 spiro atoms. The molecule has 0 amide bonds. The Morgan fingerprint density at radius 3 is 2.12 bits per heavy atom. The quantitative estimate of drug-likeness (QED) is 0.460. The maximum Gasteiger partial charge on any atom is 0.137 e. The van der Waals surface area contributed by atoms with E-state index < -0.39 is 11.7 Å². The van der Waals surface area contributed by atoms with E-state index >= 15 is 0 Å². The van der Waals surface area contributed by atoms with Crippen molar-refractivity contribution in [2.75, 3.05) is 13.2 Å². The Hall–Kier alpha value is -0.120. The lowest BCUT2D eigenvalue weighted by molar-refractivity contribution is -0.215. The van der Waals surface area contributed by atoms with E-state index in [1.807, 2.05) is 0 Å². The predicted molar refractivity (Wildman–Crippen MR) is 27.1 cm³/mol. The van der Waals surface area contributed by atoms with Gasteiger partial charge in [0.1, 0.15) is 5.60 Å². The van der Waals surface area contributed by atoms with Crippen LogP contribution in [0.2, 0.25) is 0 Å². The van der Waals surface area contributed by atoms with Crippen LogP contribution in [0.1, 0.15) is 0 Å². The minimum atomic E-state index is -1.06. The third kappa shape index (κ3) is 0.727. The highest BCUT2D eigenvalue weighted by atomic mass is 16.5. The molecule has 1 aliphatic rings. The van der Waals surface area contributed by atoms with E-state index in [2.05, 4.69) is 11.7 Å². The van der Waals surface area contributed by atoms with Gasteiger partial charge in [-0.25, -0.2) is 0 Å². The molecule has 1 fully saturated rings. The summed E-state index contributed by atoms with van der Waals surface area (Å²) in [4.78, 5) is 0. The zero-order valence-corrected chi connectivity index (χ0v) is 4.50. The van der Waals surface area contributed by atoms with Gasteiger partial charge in [0, 0.05) is 0 Å². The maximum absolute atomic E-state index is 9.05. The van der Waals surface area contributed by atoms with Crippen LogP contribution in [0.3, 0.4) is 0 Å². The smallest absolute Gasteiger partial charge is 0.137 e. The average molecular weight is 117 g/mol. The molecule has 8 heavy (non-hydrogen) atoms. The van der Waals surface area contributed by atoms with Crippen molar-refractivity contribution in [3.05, 3.63) is 6.92 Å². The molecule has 0 aromatic rings. The van der Waals surface area contributed by atoms with Crippen molar-refractivity contribution in [2.24, 2.45) is 0 Å². The van der Waals surface area contributed by atoms with Gasteiger partial charge in [-0.1, -0.05) is 0 Å². The van der Waals surface area contributed by atoms with Crippen molar-refractivity contribution >= 4 is 0 Å². The van der Waals surface area contributed by atoms with Crippen LogP contribution in [-0.4, -0.2) is 35.1 Å². The molecule has 0 bridgehead atoms. The van der Waals surface area contributed by atoms with E-state index in [1.54, 1.807) is 0 Å². The van der Waals surface area contributed by atoms with E-state index in [4.69, 9.17) is 10.2 Å². The predicted octanol–water partition coefficient (Wildman–Crippen LogP) is -1.06. The standard InChI is InChI=1S/C5H9O3/c1-4(6)5(7)2-8-3-5/h4,6-7H,1-3H2. The van der Waals surface area contributed by atoms with E-state index in [0.29, 0.717) is 0 Å². The summed E-state index contributed by atoms with van der Waals surface area (Å²) in [6.07, 6.45) is -0.920. The van der Waals surface area contributed by atoms with Crippen LogP contribution >= 0.6 is 0 Å². The third-order valence-corrected chi connectivity index (χ3v) is 1.32. The van der Waals surface area contributed by atoms with Crippen molar-refractivity contribution in [3.63, 3.8) is 0 Å². The average Bonchev–Trinajstić information content (AvgIpc) is 1.60. The summed E-state index contributed by atoms with van der Waals surface area (Å²) in [5.41, 5.74) is -1.06. The fourth-order valence-electron chi connectivity index (χ4n) is 0.504. The molecule has 1 aliphatic heterocycles. The molecule has 2 N–H and O–H groups in total. The summed E-state index contributed by atoms with van der Waals surface area (Å²) in [6, 6.07) is 0. The lowest BCUT2D eigenvalue weighted by Gasteiger charge is -2.38. The van der Waals surface area contributed by atoms with Gasteiger partial charge < -0.3 is 14.9 Å². The molecule has 1 atom stereocenters. The third-order valence-electron chi connectivity index (χ3n) is 1.32. The largest absolute Gasteiger partial charge is 0.390 e. The lowest BCUT2D eigenvalue weighted by atomic mass is 9.96. The van der Waals surface area contributed by atoms with Gasteiger partial charge in [0.25, 0.3) is 0 Å². The molecule has 1 radical (unpaired) electrons. The van der Waals surface area contributed by atoms with Gasteiger partial charge in [-0.05, 0) is 6.92 Å². The first kappa shape index (κ1) is 6.01. The Balaban J connectivity index is 2.41. The summed E-state index contributed by atoms with van der Waals surface area (Å²) < 4.78 is 4.65. The van der Waals surface area contributed by atoms with Crippen LogP contribution in [0.5, 0.6) is 0 Å². The lowest BCUT2D eigenvalue weighted by Crippen LogP contribution is -2.57. The van der Waals surface area contributed by atoms with Gasteiger partial charge in [-0.2, -0.15) is 0 Å². The van der Waals surface area contributed by atoms with E-state index in [-0.39, 0.29) is 13.2 Å². The number of aliphatic hydroxyl groups is 2. The highest BCUT2D eigenvalue weighted by Gasteiger charge is 2.40. The van der Waals surface area contributed by atoms with E-state index in [1.165, 1.54) is 0 Å². The highest BCUT2D eigenvalue weighted by Crippen LogP contribution is 2.19. The highest BCUT2D eigenvalue weighted by molar-refractivity contribution is 4.93. The molecule has 3 heteroatoms. The normalized spacial score (nSPS) is 28.9. The molecule has 1 unspecified atom stereocenters. The second-order valence-electron chi connectivity index (χ2n) is 2.11.